The van der Waals surface area contributed by atoms with E-state index in [1.54, 1.807) is 11.1 Å². The highest BCUT2D eigenvalue weighted by Gasteiger charge is 2.34. The molecule has 20 heavy (non-hydrogen) atoms. The molecule has 1 aromatic heterocycles. The molecule has 0 spiro atoms. The van der Waals surface area contributed by atoms with Gasteiger partial charge in [0.15, 0.2) is 0 Å². The molecule has 0 radical (unpaired) electrons. The van der Waals surface area contributed by atoms with Crippen LogP contribution in [-0.4, -0.2) is 46.5 Å². The summed E-state index contributed by atoms with van der Waals surface area (Å²) in [5.74, 6) is 0.227. The molecule has 1 aromatic rings. The lowest BCUT2D eigenvalue weighted by Crippen LogP contribution is -2.46. The second-order valence-corrected chi connectivity index (χ2v) is 5.49. The van der Waals surface area contributed by atoms with Crippen LogP contribution in [0.3, 0.4) is 0 Å². The van der Waals surface area contributed by atoms with Crippen molar-refractivity contribution in [2.75, 3.05) is 25.0 Å². The van der Waals surface area contributed by atoms with E-state index in [0.717, 1.165) is 37.2 Å². The number of rotatable bonds is 2. The molecule has 2 aliphatic rings. The van der Waals surface area contributed by atoms with E-state index in [0.29, 0.717) is 13.1 Å². The number of nitrogens with zero attached hydrogens (tertiary/aromatic N) is 2. The van der Waals surface area contributed by atoms with Crippen molar-refractivity contribution in [3.63, 3.8) is 0 Å². The van der Waals surface area contributed by atoms with Crippen LogP contribution in [0.4, 0.5) is 5.82 Å². The van der Waals surface area contributed by atoms with Gasteiger partial charge in [-0.2, -0.15) is 5.10 Å². The van der Waals surface area contributed by atoms with Gasteiger partial charge in [-0.3, -0.25) is 14.7 Å². The lowest BCUT2D eigenvalue weighted by Gasteiger charge is -2.34. The van der Waals surface area contributed by atoms with E-state index >= 15 is 0 Å². The molecule has 7 nitrogen and oxygen atoms in total. The molecule has 0 aromatic carbocycles. The van der Waals surface area contributed by atoms with Crippen LogP contribution in [0.15, 0.2) is 6.20 Å². The van der Waals surface area contributed by atoms with Crippen molar-refractivity contribution in [3.8, 4) is 0 Å². The summed E-state index contributed by atoms with van der Waals surface area (Å²) in [6, 6.07) is 0. The van der Waals surface area contributed by atoms with Gasteiger partial charge in [-0.1, -0.05) is 0 Å². The van der Waals surface area contributed by atoms with Crippen LogP contribution in [0.25, 0.3) is 0 Å². The third-order valence-electron chi connectivity index (χ3n) is 4.21. The molecule has 1 saturated heterocycles. The second kappa shape index (κ2) is 5.15. The maximum absolute atomic E-state index is 12.7. The van der Waals surface area contributed by atoms with Crippen LogP contribution < -0.4 is 11.1 Å². The molecule has 3 heterocycles. The second-order valence-electron chi connectivity index (χ2n) is 5.49. The van der Waals surface area contributed by atoms with Gasteiger partial charge in [-0.15, -0.1) is 0 Å². The summed E-state index contributed by atoms with van der Waals surface area (Å²) >= 11 is 0. The summed E-state index contributed by atoms with van der Waals surface area (Å²) in [6.45, 7) is 1.91. The van der Waals surface area contributed by atoms with Crippen molar-refractivity contribution in [1.82, 2.24) is 15.1 Å². The summed E-state index contributed by atoms with van der Waals surface area (Å²) in [6.07, 6.45) is 4.08. The summed E-state index contributed by atoms with van der Waals surface area (Å²) in [7, 11) is 0. The van der Waals surface area contributed by atoms with E-state index < -0.39 is 0 Å². The highest BCUT2D eigenvalue weighted by atomic mass is 16.2. The zero-order chi connectivity index (χ0) is 14.1. The number of carbonyl (C=O) groups excluding carboxylic acids is 2. The Labute approximate surface area is 116 Å². The Morgan fingerprint density at radius 1 is 1.40 bits per heavy atom. The van der Waals surface area contributed by atoms with Crippen LogP contribution in [0.2, 0.25) is 0 Å². The van der Waals surface area contributed by atoms with Crippen LogP contribution in [0.1, 0.15) is 30.7 Å². The number of nitrogens with two attached hydrogens (primary N) is 1. The van der Waals surface area contributed by atoms with E-state index in [9.17, 15) is 9.59 Å². The van der Waals surface area contributed by atoms with Gasteiger partial charge in [0, 0.05) is 25.2 Å². The number of nitrogens with one attached hydrogen (secondary N) is 2. The molecule has 4 N–H and O–H groups in total. The monoisotopic (exact) mass is 277 g/mol. The zero-order valence-corrected chi connectivity index (χ0v) is 11.3. The lowest BCUT2D eigenvalue weighted by molar-refractivity contribution is -0.136. The number of fused-ring (bicyclic) bond motifs is 1. The third-order valence-corrected chi connectivity index (χ3v) is 4.21. The predicted octanol–water partition coefficient (Wildman–Crippen LogP) is 0.0328. The number of piperidine rings is 1. The van der Waals surface area contributed by atoms with Gasteiger partial charge in [0.1, 0.15) is 5.82 Å². The maximum Gasteiger partial charge on any atom is 0.230 e. The topological polar surface area (TPSA) is 104 Å². The number of H-pyrrole nitrogens is 1. The van der Waals surface area contributed by atoms with Gasteiger partial charge in [-0.25, -0.2) is 0 Å². The molecule has 108 valence electrons. The minimum atomic E-state index is -0.309. The van der Waals surface area contributed by atoms with Crippen LogP contribution in [0.5, 0.6) is 0 Å². The Hall–Kier alpha value is -2.05. The highest BCUT2D eigenvalue weighted by molar-refractivity contribution is 5.86. The van der Waals surface area contributed by atoms with Gasteiger partial charge in [-0.05, 0) is 19.3 Å². The first-order valence-electron chi connectivity index (χ1n) is 7.02. The number of likely N-dealkylation sites (tertiary alicyclic amines) is 1. The summed E-state index contributed by atoms with van der Waals surface area (Å²) in [5, 5.41) is 10.1. The predicted molar refractivity (Wildman–Crippen MR) is 72.9 cm³/mol. The Morgan fingerprint density at radius 3 is 3.05 bits per heavy atom. The quantitative estimate of drug-likeness (QED) is 0.709. The number of hydrogen-bond acceptors (Lipinski definition) is 4. The molecular formula is C13H19N5O2. The van der Waals surface area contributed by atoms with Crippen molar-refractivity contribution in [2.24, 2.45) is 11.7 Å². The van der Waals surface area contributed by atoms with Gasteiger partial charge in [0.05, 0.1) is 18.0 Å². The minimum absolute atomic E-state index is 0.0834. The van der Waals surface area contributed by atoms with Crippen LogP contribution in [-0.2, 0) is 9.59 Å². The molecular weight excluding hydrogens is 258 g/mol. The fraction of sp³-hybridized carbons (Fsp3) is 0.615. The first-order chi connectivity index (χ1) is 9.66. The molecule has 0 aliphatic carbocycles. The van der Waals surface area contributed by atoms with E-state index in [1.807, 2.05) is 0 Å². The Kier molecular flexibility index (Phi) is 3.33. The average molecular weight is 277 g/mol. The highest BCUT2D eigenvalue weighted by Crippen LogP contribution is 2.32. The number of hydrogen-bond donors (Lipinski definition) is 3. The van der Waals surface area contributed by atoms with Gasteiger partial charge in [0.2, 0.25) is 11.8 Å². The Balaban J connectivity index is 1.75. The molecule has 0 unspecified atom stereocenters. The Morgan fingerprint density at radius 2 is 2.25 bits per heavy atom. The van der Waals surface area contributed by atoms with E-state index in [4.69, 9.17) is 5.73 Å². The smallest absolute Gasteiger partial charge is 0.230 e. The fourth-order valence-electron chi connectivity index (χ4n) is 3.08. The molecule has 2 aliphatic heterocycles. The normalized spacial score (nSPS) is 25.7. The maximum atomic E-state index is 12.7. The molecule has 2 atom stereocenters. The number of primary amides is 1. The molecule has 0 bridgehead atoms. The molecule has 7 heteroatoms. The molecule has 2 amide bonds. The van der Waals surface area contributed by atoms with Gasteiger partial charge >= 0.3 is 0 Å². The van der Waals surface area contributed by atoms with Crippen molar-refractivity contribution in [2.45, 2.75) is 25.2 Å². The molecule has 0 saturated carbocycles. The lowest BCUT2D eigenvalue weighted by atomic mass is 9.91. The first kappa shape index (κ1) is 13.0. The van der Waals surface area contributed by atoms with Gasteiger partial charge < -0.3 is 16.0 Å². The van der Waals surface area contributed by atoms with Crippen molar-refractivity contribution in [1.29, 1.82) is 0 Å². The zero-order valence-electron chi connectivity index (χ0n) is 11.3. The van der Waals surface area contributed by atoms with Crippen molar-refractivity contribution >= 4 is 17.6 Å². The van der Waals surface area contributed by atoms with E-state index in [-0.39, 0.29) is 23.7 Å². The fourth-order valence-corrected chi connectivity index (χ4v) is 3.08. The summed E-state index contributed by atoms with van der Waals surface area (Å²) in [4.78, 5) is 25.8. The molecule has 1 fully saturated rings. The minimum Gasteiger partial charge on any atom is -0.370 e. The van der Waals surface area contributed by atoms with Crippen molar-refractivity contribution in [3.05, 3.63) is 11.8 Å². The average Bonchev–Trinajstić information content (AvgIpc) is 2.95. The number of amides is 2. The van der Waals surface area contributed by atoms with E-state index in [1.165, 1.54) is 0 Å². The molecule has 3 rings (SSSR count). The standard InChI is InChI=1S/C13H19N5O2/c14-11(19)8-2-1-5-18(7-8)13(20)9-3-4-15-12-10(9)6-16-17-12/h6,8-9H,1-5,7H2,(H2,14,19)(H2,15,16,17)/t8-,9+/m0/s1. The summed E-state index contributed by atoms with van der Waals surface area (Å²) < 4.78 is 0. The number of aromatic nitrogens is 2. The van der Waals surface area contributed by atoms with Crippen molar-refractivity contribution < 1.29 is 9.59 Å². The first-order valence-corrected chi connectivity index (χ1v) is 7.02. The third kappa shape index (κ3) is 2.23. The largest absolute Gasteiger partial charge is 0.370 e. The van der Waals surface area contributed by atoms with Gasteiger partial charge in [0.25, 0.3) is 0 Å². The van der Waals surface area contributed by atoms with Crippen LogP contribution >= 0.6 is 0 Å². The summed E-state index contributed by atoms with van der Waals surface area (Å²) in [5.41, 5.74) is 6.29. The van der Waals surface area contributed by atoms with Crippen LogP contribution in [0, 0.1) is 5.92 Å². The number of anilines is 1. The Bertz CT molecular complexity index is 527. The van der Waals surface area contributed by atoms with E-state index in [2.05, 4.69) is 15.5 Å². The number of carbonyl (C=O) groups is 2. The number of aromatic amines is 1. The SMILES string of the molecule is NC(=O)[C@H]1CCCN(C(=O)[C@@H]2CCNc3[nH]ncc32)C1.